The van der Waals surface area contributed by atoms with Crippen molar-refractivity contribution in [2.75, 3.05) is 11.1 Å². The van der Waals surface area contributed by atoms with Crippen molar-refractivity contribution in [3.63, 3.8) is 0 Å². The van der Waals surface area contributed by atoms with E-state index >= 15 is 0 Å². The molecule has 0 spiro atoms. The third-order valence-corrected chi connectivity index (χ3v) is 2.00. The van der Waals surface area contributed by atoms with Gasteiger partial charge in [-0.25, -0.2) is 14.4 Å². The Balaban J connectivity index is 1.99. The summed E-state index contributed by atoms with van der Waals surface area (Å²) in [6, 6.07) is 6.23. The highest BCUT2D eigenvalue weighted by Gasteiger charge is 1.97. The van der Waals surface area contributed by atoms with E-state index < -0.39 is 0 Å². The van der Waals surface area contributed by atoms with Gasteiger partial charge in [0.25, 0.3) is 0 Å². The maximum absolute atomic E-state index is 12.9. The summed E-state index contributed by atoms with van der Waals surface area (Å²) in [6.07, 6.45) is 3.07. The first-order valence-electron chi connectivity index (χ1n) is 4.80. The largest absolute Gasteiger partial charge is 0.396 e. The van der Waals surface area contributed by atoms with Crippen LogP contribution in [-0.2, 0) is 6.54 Å². The fraction of sp³-hybridized carbons (Fsp3) is 0.0909. The number of benzene rings is 1. The minimum Gasteiger partial charge on any atom is -0.396 e. The van der Waals surface area contributed by atoms with Gasteiger partial charge in [0.1, 0.15) is 11.6 Å². The molecule has 82 valence electrons. The van der Waals surface area contributed by atoms with Crippen molar-refractivity contribution in [2.45, 2.75) is 6.54 Å². The Morgan fingerprint density at radius 1 is 1.25 bits per heavy atom. The SMILES string of the molecule is Nc1cnc(CNc2cccc(F)c2)nc1. The van der Waals surface area contributed by atoms with Crippen LogP contribution < -0.4 is 11.1 Å². The highest BCUT2D eigenvalue weighted by molar-refractivity contribution is 5.43. The first kappa shape index (κ1) is 10.4. The van der Waals surface area contributed by atoms with Gasteiger partial charge in [0, 0.05) is 5.69 Å². The minimum atomic E-state index is -0.275. The average Bonchev–Trinajstić information content (AvgIpc) is 2.28. The maximum atomic E-state index is 12.9. The van der Waals surface area contributed by atoms with Gasteiger partial charge in [-0.15, -0.1) is 0 Å². The number of anilines is 2. The highest BCUT2D eigenvalue weighted by atomic mass is 19.1. The highest BCUT2D eigenvalue weighted by Crippen LogP contribution is 2.09. The molecule has 0 aliphatic carbocycles. The fourth-order valence-corrected chi connectivity index (χ4v) is 1.24. The summed E-state index contributed by atoms with van der Waals surface area (Å²) in [6.45, 7) is 0.434. The van der Waals surface area contributed by atoms with Crippen molar-refractivity contribution in [1.29, 1.82) is 0 Å². The normalized spacial score (nSPS) is 10.1. The van der Waals surface area contributed by atoms with E-state index in [9.17, 15) is 4.39 Å². The van der Waals surface area contributed by atoms with Gasteiger partial charge in [-0.2, -0.15) is 0 Å². The van der Waals surface area contributed by atoms with E-state index in [4.69, 9.17) is 5.73 Å². The van der Waals surface area contributed by atoms with Gasteiger partial charge in [0.05, 0.1) is 24.6 Å². The van der Waals surface area contributed by atoms with Crippen molar-refractivity contribution >= 4 is 11.4 Å². The van der Waals surface area contributed by atoms with Crippen molar-refractivity contribution < 1.29 is 4.39 Å². The molecule has 1 heterocycles. The second-order valence-corrected chi connectivity index (χ2v) is 3.30. The van der Waals surface area contributed by atoms with Crippen LogP contribution in [0.3, 0.4) is 0 Å². The lowest BCUT2D eigenvalue weighted by molar-refractivity contribution is 0.628. The number of nitrogens with two attached hydrogens (primary N) is 1. The van der Waals surface area contributed by atoms with Crippen molar-refractivity contribution in [3.8, 4) is 0 Å². The van der Waals surface area contributed by atoms with Crippen LogP contribution in [0.15, 0.2) is 36.7 Å². The topological polar surface area (TPSA) is 63.8 Å². The zero-order valence-corrected chi connectivity index (χ0v) is 8.52. The summed E-state index contributed by atoms with van der Waals surface area (Å²) < 4.78 is 12.9. The molecule has 0 amide bonds. The third kappa shape index (κ3) is 2.66. The van der Waals surface area contributed by atoms with Gasteiger partial charge in [-0.1, -0.05) is 6.07 Å². The lowest BCUT2D eigenvalue weighted by Crippen LogP contribution is -2.04. The summed E-state index contributed by atoms with van der Waals surface area (Å²) in [4.78, 5) is 8.05. The van der Waals surface area contributed by atoms with Crippen molar-refractivity contribution in [1.82, 2.24) is 9.97 Å². The molecule has 4 nitrogen and oxygen atoms in total. The molecular weight excluding hydrogens is 207 g/mol. The van der Waals surface area contributed by atoms with Crippen LogP contribution in [0, 0.1) is 5.82 Å². The molecule has 2 rings (SSSR count). The molecule has 16 heavy (non-hydrogen) atoms. The van der Waals surface area contributed by atoms with Gasteiger partial charge < -0.3 is 11.1 Å². The smallest absolute Gasteiger partial charge is 0.147 e. The summed E-state index contributed by atoms with van der Waals surface area (Å²) in [5.41, 5.74) is 6.68. The van der Waals surface area contributed by atoms with Gasteiger partial charge in [0.2, 0.25) is 0 Å². The first-order chi connectivity index (χ1) is 7.74. The number of nitrogen functional groups attached to an aromatic ring is 1. The Labute approximate surface area is 92.3 Å². The molecule has 0 unspecified atom stereocenters. The Hall–Kier alpha value is -2.17. The molecule has 0 saturated carbocycles. The average molecular weight is 218 g/mol. The predicted octanol–water partition coefficient (Wildman–Crippen LogP) is 1.81. The van der Waals surface area contributed by atoms with Crippen LogP contribution in [0.25, 0.3) is 0 Å². The summed E-state index contributed by atoms with van der Waals surface area (Å²) in [7, 11) is 0. The third-order valence-electron chi connectivity index (χ3n) is 2.00. The molecule has 0 saturated heterocycles. The number of nitrogens with one attached hydrogen (secondary N) is 1. The Kier molecular flexibility index (Phi) is 2.95. The number of nitrogens with zero attached hydrogens (tertiary/aromatic N) is 2. The number of hydrogen-bond acceptors (Lipinski definition) is 4. The van der Waals surface area contributed by atoms with Crippen molar-refractivity contribution in [3.05, 3.63) is 48.3 Å². The minimum absolute atomic E-state index is 0.275. The quantitative estimate of drug-likeness (QED) is 0.824. The fourth-order valence-electron chi connectivity index (χ4n) is 1.24. The standard InChI is InChI=1S/C11H11FN4/c12-8-2-1-3-10(4-8)14-7-11-15-5-9(13)6-16-11/h1-6,14H,7,13H2. The molecule has 1 aromatic heterocycles. The van der Waals surface area contributed by atoms with E-state index in [1.54, 1.807) is 12.1 Å². The number of hydrogen-bond donors (Lipinski definition) is 2. The van der Waals surface area contributed by atoms with E-state index in [0.717, 1.165) is 0 Å². The van der Waals surface area contributed by atoms with Crippen molar-refractivity contribution in [2.24, 2.45) is 0 Å². The summed E-state index contributed by atoms with van der Waals surface area (Å²) >= 11 is 0. The monoisotopic (exact) mass is 218 g/mol. The zero-order chi connectivity index (χ0) is 11.4. The first-order valence-corrected chi connectivity index (χ1v) is 4.80. The van der Waals surface area contributed by atoms with Crippen LogP contribution in [-0.4, -0.2) is 9.97 Å². The second kappa shape index (κ2) is 4.57. The zero-order valence-electron chi connectivity index (χ0n) is 8.52. The molecular formula is C11H11FN4. The van der Waals surface area contributed by atoms with Gasteiger partial charge in [-0.05, 0) is 18.2 Å². The maximum Gasteiger partial charge on any atom is 0.147 e. The van der Waals surface area contributed by atoms with Gasteiger partial charge in [0.15, 0.2) is 0 Å². The summed E-state index contributed by atoms with van der Waals surface area (Å²) in [5, 5.41) is 3.02. The Morgan fingerprint density at radius 2 is 2.00 bits per heavy atom. The van der Waals surface area contributed by atoms with Crippen LogP contribution in [0.4, 0.5) is 15.8 Å². The molecule has 1 aromatic carbocycles. The number of halogens is 1. The molecule has 0 aliphatic rings. The van der Waals surface area contributed by atoms with Gasteiger partial charge >= 0.3 is 0 Å². The lowest BCUT2D eigenvalue weighted by Gasteiger charge is -2.05. The number of rotatable bonds is 3. The predicted molar refractivity (Wildman–Crippen MR) is 60.2 cm³/mol. The Bertz CT molecular complexity index is 470. The van der Waals surface area contributed by atoms with E-state index in [2.05, 4.69) is 15.3 Å². The number of aromatic nitrogens is 2. The Morgan fingerprint density at radius 3 is 2.69 bits per heavy atom. The summed E-state index contributed by atoms with van der Waals surface area (Å²) in [5.74, 6) is 0.335. The molecule has 0 radical (unpaired) electrons. The van der Waals surface area contributed by atoms with Crippen LogP contribution in [0.2, 0.25) is 0 Å². The van der Waals surface area contributed by atoms with Crippen LogP contribution >= 0.6 is 0 Å². The molecule has 5 heteroatoms. The van der Waals surface area contributed by atoms with E-state index in [0.29, 0.717) is 23.7 Å². The van der Waals surface area contributed by atoms with Crippen LogP contribution in [0.5, 0.6) is 0 Å². The molecule has 0 bridgehead atoms. The molecule has 2 aromatic rings. The van der Waals surface area contributed by atoms with Crippen LogP contribution in [0.1, 0.15) is 5.82 Å². The lowest BCUT2D eigenvalue weighted by atomic mass is 10.3. The van der Waals surface area contributed by atoms with E-state index in [1.165, 1.54) is 24.5 Å². The second-order valence-electron chi connectivity index (χ2n) is 3.30. The van der Waals surface area contributed by atoms with E-state index in [1.807, 2.05) is 0 Å². The molecule has 0 fully saturated rings. The molecule has 0 atom stereocenters. The molecule has 3 N–H and O–H groups in total. The van der Waals surface area contributed by atoms with E-state index in [-0.39, 0.29) is 5.82 Å². The molecule has 0 aliphatic heterocycles. The van der Waals surface area contributed by atoms with Gasteiger partial charge in [-0.3, -0.25) is 0 Å².